The molecule has 1 aromatic heterocycles. The number of hydrogen-bond acceptors (Lipinski definition) is 5. The maximum absolute atomic E-state index is 9.81. The van der Waals surface area contributed by atoms with Crippen LogP contribution in [0, 0.1) is 5.92 Å². The van der Waals surface area contributed by atoms with Gasteiger partial charge in [0.2, 0.25) is 5.89 Å². The van der Waals surface area contributed by atoms with E-state index in [1.165, 1.54) is 32.1 Å². The molecule has 0 unspecified atom stereocenters. The highest BCUT2D eigenvalue weighted by atomic mass is 16.5. The van der Waals surface area contributed by atoms with Gasteiger partial charge in [-0.05, 0) is 32.1 Å². The number of aliphatic hydroxyl groups excluding tert-OH is 1. The third-order valence-electron chi connectivity index (χ3n) is 4.74. The summed E-state index contributed by atoms with van der Waals surface area (Å²) < 4.78 is 5.25. The zero-order chi connectivity index (χ0) is 15.1. The molecule has 0 aromatic carbocycles. The molecule has 1 saturated carbocycles. The van der Waals surface area contributed by atoms with E-state index < -0.39 is 0 Å². The molecule has 1 aromatic rings. The number of hydrogen-bond donors (Lipinski definition) is 2. The normalized spacial score (nSPS) is 19.6. The quantitative estimate of drug-likeness (QED) is 0.771. The van der Waals surface area contributed by atoms with Gasteiger partial charge < -0.3 is 14.9 Å². The second-order valence-corrected chi connectivity index (χ2v) is 6.47. The van der Waals surface area contributed by atoms with Crippen molar-refractivity contribution in [1.29, 1.82) is 0 Å². The van der Waals surface area contributed by atoms with Crippen LogP contribution in [0.25, 0.3) is 0 Å². The lowest BCUT2D eigenvalue weighted by Gasteiger charge is -2.39. The van der Waals surface area contributed by atoms with Crippen LogP contribution >= 0.6 is 0 Å². The minimum atomic E-state index is -0.245. The smallest absolute Gasteiger partial charge is 0.226 e. The summed E-state index contributed by atoms with van der Waals surface area (Å²) >= 11 is 0. The number of rotatable bonds is 8. The highest BCUT2D eigenvalue weighted by Gasteiger charge is 2.34. The lowest BCUT2D eigenvalue weighted by atomic mass is 9.76. The summed E-state index contributed by atoms with van der Waals surface area (Å²) in [4.78, 5) is 4.41. The van der Waals surface area contributed by atoms with E-state index in [4.69, 9.17) is 4.52 Å². The van der Waals surface area contributed by atoms with E-state index in [-0.39, 0.29) is 12.1 Å². The second kappa shape index (κ2) is 7.90. The first-order valence-corrected chi connectivity index (χ1v) is 8.35. The molecular weight excluding hydrogens is 266 g/mol. The first-order chi connectivity index (χ1) is 10.2. The maximum atomic E-state index is 9.81. The van der Waals surface area contributed by atoms with E-state index in [0.29, 0.717) is 18.3 Å². The van der Waals surface area contributed by atoms with Gasteiger partial charge in [-0.15, -0.1) is 0 Å². The first kappa shape index (κ1) is 16.4. The van der Waals surface area contributed by atoms with Gasteiger partial charge >= 0.3 is 0 Å². The molecule has 1 aliphatic carbocycles. The van der Waals surface area contributed by atoms with Crippen LogP contribution in [-0.2, 0) is 13.0 Å². The molecule has 1 heterocycles. The average Bonchev–Trinajstić information content (AvgIpc) is 2.99. The molecule has 0 aliphatic heterocycles. The van der Waals surface area contributed by atoms with E-state index in [0.717, 1.165) is 25.2 Å². The summed E-state index contributed by atoms with van der Waals surface area (Å²) in [5.74, 6) is 1.94. The van der Waals surface area contributed by atoms with E-state index in [1.807, 2.05) is 0 Å². The molecule has 0 amide bonds. The van der Waals surface area contributed by atoms with Gasteiger partial charge in [0.1, 0.15) is 0 Å². The molecule has 2 N–H and O–H groups in total. The molecule has 1 atom stereocenters. The van der Waals surface area contributed by atoms with Gasteiger partial charge in [0, 0.05) is 12.0 Å². The van der Waals surface area contributed by atoms with Gasteiger partial charge in [0.15, 0.2) is 5.82 Å². The fraction of sp³-hybridized carbons (Fsp3) is 0.875. The first-order valence-electron chi connectivity index (χ1n) is 8.35. The van der Waals surface area contributed by atoms with E-state index in [9.17, 15) is 5.11 Å². The van der Waals surface area contributed by atoms with Crippen LogP contribution in [0.1, 0.15) is 70.5 Å². The van der Waals surface area contributed by atoms with Crippen molar-refractivity contribution in [2.75, 3.05) is 6.61 Å². The number of aromatic nitrogens is 2. The van der Waals surface area contributed by atoms with Crippen molar-refractivity contribution in [3.63, 3.8) is 0 Å². The molecule has 1 aliphatic rings. The summed E-state index contributed by atoms with van der Waals surface area (Å²) in [5.41, 5.74) is -0.245. The Morgan fingerprint density at radius 2 is 2.10 bits per heavy atom. The van der Waals surface area contributed by atoms with Crippen molar-refractivity contribution in [3.8, 4) is 0 Å². The Bertz CT molecular complexity index is 415. The predicted molar refractivity (Wildman–Crippen MR) is 81.8 cm³/mol. The fourth-order valence-corrected chi connectivity index (χ4v) is 3.14. The largest absolute Gasteiger partial charge is 0.394 e. The SMILES string of the molecule is CCCCc1nc(CN[C@](C)(CO)C2CCCCC2)no1. The van der Waals surface area contributed by atoms with E-state index >= 15 is 0 Å². The number of nitrogens with one attached hydrogen (secondary N) is 1. The summed E-state index contributed by atoms with van der Waals surface area (Å²) in [6.45, 7) is 4.97. The van der Waals surface area contributed by atoms with E-state index in [1.54, 1.807) is 0 Å². The van der Waals surface area contributed by atoms with Crippen LogP contribution in [0.15, 0.2) is 4.52 Å². The number of unbranched alkanes of at least 4 members (excludes halogenated alkanes) is 1. The van der Waals surface area contributed by atoms with Gasteiger partial charge in [0.25, 0.3) is 0 Å². The lowest BCUT2D eigenvalue weighted by Crippen LogP contribution is -2.52. The Kier molecular flexibility index (Phi) is 6.18. The average molecular weight is 295 g/mol. The Hall–Kier alpha value is -0.940. The third-order valence-corrected chi connectivity index (χ3v) is 4.74. The van der Waals surface area contributed by atoms with Gasteiger partial charge in [-0.25, -0.2) is 0 Å². The predicted octanol–water partition coefficient (Wildman–Crippen LogP) is 2.83. The summed E-state index contributed by atoms with van der Waals surface area (Å²) in [6.07, 6.45) is 9.30. The molecule has 5 nitrogen and oxygen atoms in total. The minimum Gasteiger partial charge on any atom is -0.394 e. The molecule has 2 rings (SSSR count). The van der Waals surface area contributed by atoms with Gasteiger partial charge in [-0.2, -0.15) is 4.98 Å². The summed E-state index contributed by atoms with van der Waals surface area (Å²) in [6, 6.07) is 0. The maximum Gasteiger partial charge on any atom is 0.226 e. The number of aliphatic hydroxyl groups is 1. The lowest BCUT2D eigenvalue weighted by molar-refractivity contribution is 0.0928. The van der Waals surface area contributed by atoms with Crippen LogP contribution in [0.4, 0.5) is 0 Å². The van der Waals surface area contributed by atoms with Crippen LogP contribution in [0.5, 0.6) is 0 Å². The van der Waals surface area contributed by atoms with Gasteiger partial charge in [-0.3, -0.25) is 0 Å². The van der Waals surface area contributed by atoms with Crippen molar-refractivity contribution < 1.29 is 9.63 Å². The van der Waals surface area contributed by atoms with Crippen LogP contribution < -0.4 is 5.32 Å². The molecule has 0 spiro atoms. The van der Waals surface area contributed by atoms with Gasteiger partial charge in [-0.1, -0.05) is 37.8 Å². The molecule has 0 radical (unpaired) electrons. The standard InChI is InChI=1S/C16H29N3O2/c1-3-4-10-15-18-14(19-21-15)11-17-16(2,12-20)13-8-6-5-7-9-13/h13,17,20H,3-12H2,1-2H3/t16-/m1/s1. The molecule has 1 fully saturated rings. The third kappa shape index (κ3) is 4.51. The highest BCUT2D eigenvalue weighted by Crippen LogP contribution is 2.32. The highest BCUT2D eigenvalue weighted by molar-refractivity contribution is 4.94. The summed E-state index contributed by atoms with van der Waals surface area (Å²) in [5, 5.41) is 17.3. The van der Waals surface area contributed by atoms with Crippen molar-refractivity contribution in [2.45, 2.75) is 77.3 Å². The summed E-state index contributed by atoms with van der Waals surface area (Å²) in [7, 11) is 0. The zero-order valence-corrected chi connectivity index (χ0v) is 13.4. The van der Waals surface area contributed by atoms with Crippen LogP contribution in [0.3, 0.4) is 0 Å². The van der Waals surface area contributed by atoms with E-state index in [2.05, 4.69) is 29.3 Å². The number of nitrogens with zero attached hydrogens (tertiary/aromatic N) is 2. The minimum absolute atomic E-state index is 0.151. The Morgan fingerprint density at radius 3 is 2.76 bits per heavy atom. The van der Waals surface area contributed by atoms with Gasteiger partial charge in [0.05, 0.1) is 13.2 Å². The van der Waals surface area contributed by atoms with Crippen molar-refractivity contribution in [3.05, 3.63) is 11.7 Å². The van der Waals surface area contributed by atoms with Crippen molar-refractivity contribution >= 4 is 0 Å². The second-order valence-electron chi connectivity index (χ2n) is 6.47. The zero-order valence-electron chi connectivity index (χ0n) is 13.4. The van der Waals surface area contributed by atoms with Crippen molar-refractivity contribution in [1.82, 2.24) is 15.5 Å². The molecule has 120 valence electrons. The van der Waals surface area contributed by atoms with Crippen LogP contribution in [-0.4, -0.2) is 27.4 Å². The Morgan fingerprint density at radius 1 is 1.33 bits per heavy atom. The topological polar surface area (TPSA) is 71.2 Å². The van der Waals surface area contributed by atoms with Crippen molar-refractivity contribution in [2.24, 2.45) is 5.92 Å². The molecule has 0 saturated heterocycles. The van der Waals surface area contributed by atoms with Crippen LogP contribution in [0.2, 0.25) is 0 Å². The Balaban J connectivity index is 1.88. The number of aryl methyl sites for hydroxylation is 1. The molecule has 5 heteroatoms. The fourth-order valence-electron chi connectivity index (χ4n) is 3.14. The molecule has 21 heavy (non-hydrogen) atoms. The monoisotopic (exact) mass is 295 g/mol. The molecule has 0 bridgehead atoms. The Labute approximate surface area is 127 Å². The molecular formula is C16H29N3O2.